The van der Waals surface area contributed by atoms with Crippen LogP contribution in [0.1, 0.15) is 37.5 Å². The number of likely N-dealkylation sites (tertiary alicyclic amines) is 1. The van der Waals surface area contributed by atoms with Crippen molar-refractivity contribution in [2.24, 2.45) is 11.8 Å². The number of rotatable bonds is 6. The number of nitrogens with zero attached hydrogens (tertiary/aromatic N) is 3. The van der Waals surface area contributed by atoms with Crippen LogP contribution in [-0.2, 0) is 11.3 Å². The maximum absolute atomic E-state index is 12.3. The summed E-state index contributed by atoms with van der Waals surface area (Å²) in [6.45, 7) is 4.95. The lowest BCUT2D eigenvalue weighted by atomic mass is 9.89. The molecule has 0 radical (unpaired) electrons. The molecule has 1 aliphatic heterocycles. The van der Waals surface area contributed by atoms with Gasteiger partial charge in [0.1, 0.15) is 0 Å². The maximum Gasteiger partial charge on any atom is 0.225 e. The van der Waals surface area contributed by atoms with Gasteiger partial charge in [0.2, 0.25) is 5.91 Å². The molecule has 1 aliphatic carbocycles. The van der Waals surface area contributed by atoms with Gasteiger partial charge in [-0.2, -0.15) is 0 Å². The highest BCUT2D eigenvalue weighted by Crippen LogP contribution is 2.33. The van der Waals surface area contributed by atoms with Gasteiger partial charge in [-0.15, -0.1) is 11.3 Å². The molecule has 1 amide bonds. The minimum Gasteiger partial charge on any atom is -0.354 e. The Bertz CT molecular complexity index is 540. The smallest absolute Gasteiger partial charge is 0.225 e. The summed E-state index contributed by atoms with van der Waals surface area (Å²) in [5.74, 6) is 1.31. The first-order valence-corrected chi connectivity index (χ1v) is 9.54. The molecule has 2 heterocycles. The summed E-state index contributed by atoms with van der Waals surface area (Å²) in [5, 5.41) is 4.76. The Hall–Kier alpha value is -1.14. The fourth-order valence-electron chi connectivity index (χ4n) is 3.32. The molecule has 2 fully saturated rings. The third kappa shape index (κ3) is 4.04. The van der Waals surface area contributed by atoms with Crippen LogP contribution in [0.4, 0.5) is 5.13 Å². The monoisotopic (exact) mass is 336 g/mol. The van der Waals surface area contributed by atoms with E-state index >= 15 is 0 Å². The molecule has 1 saturated heterocycles. The van der Waals surface area contributed by atoms with E-state index in [-0.39, 0.29) is 0 Å². The molecule has 2 aliphatic rings. The van der Waals surface area contributed by atoms with Crippen molar-refractivity contribution in [3.05, 3.63) is 11.1 Å². The van der Waals surface area contributed by atoms with Crippen LogP contribution in [0, 0.1) is 11.8 Å². The molecular weight excluding hydrogens is 308 g/mol. The lowest BCUT2D eigenvalue weighted by Crippen LogP contribution is -2.51. The Kier molecular flexibility index (Phi) is 5.21. The van der Waals surface area contributed by atoms with E-state index in [1.54, 1.807) is 11.3 Å². The van der Waals surface area contributed by atoms with E-state index in [1.807, 2.05) is 25.2 Å². The second-order valence-corrected chi connectivity index (χ2v) is 8.10. The molecule has 3 rings (SSSR count). The van der Waals surface area contributed by atoms with E-state index in [0.717, 1.165) is 50.4 Å². The summed E-state index contributed by atoms with van der Waals surface area (Å²) in [6.07, 6.45) is 6.37. The lowest BCUT2D eigenvalue weighted by molar-refractivity contribution is -0.134. The molecule has 2 atom stereocenters. The highest BCUT2D eigenvalue weighted by atomic mass is 32.1. The Balaban J connectivity index is 1.52. The van der Waals surface area contributed by atoms with Crippen molar-refractivity contribution in [2.75, 3.05) is 32.1 Å². The predicted octanol–water partition coefficient (Wildman–Crippen LogP) is 2.34. The number of carbonyl (C=O) groups excluding carboxylic acids is 1. The number of carbonyl (C=O) groups is 1. The topological polar surface area (TPSA) is 48.5 Å². The quantitative estimate of drug-likeness (QED) is 0.866. The second-order valence-electron chi connectivity index (χ2n) is 7.01. The first-order valence-electron chi connectivity index (χ1n) is 8.72. The molecule has 6 heteroatoms. The Morgan fingerprint density at radius 2 is 2.22 bits per heavy atom. The Morgan fingerprint density at radius 3 is 2.83 bits per heavy atom. The molecule has 0 aromatic carbocycles. The molecule has 1 aromatic heterocycles. The highest BCUT2D eigenvalue weighted by molar-refractivity contribution is 7.15. The minimum absolute atomic E-state index is 0.346. The van der Waals surface area contributed by atoms with Gasteiger partial charge in [0.15, 0.2) is 5.13 Å². The van der Waals surface area contributed by atoms with Crippen LogP contribution in [0.5, 0.6) is 0 Å². The van der Waals surface area contributed by atoms with E-state index in [1.165, 1.54) is 4.88 Å². The van der Waals surface area contributed by atoms with E-state index < -0.39 is 0 Å². The first kappa shape index (κ1) is 16.7. The average molecular weight is 337 g/mol. The van der Waals surface area contributed by atoms with Crippen molar-refractivity contribution in [2.45, 2.75) is 45.2 Å². The molecule has 23 heavy (non-hydrogen) atoms. The highest BCUT2D eigenvalue weighted by Gasteiger charge is 2.37. The van der Waals surface area contributed by atoms with Crippen LogP contribution in [0.3, 0.4) is 0 Å². The zero-order chi connectivity index (χ0) is 16.4. The van der Waals surface area contributed by atoms with Gasteiger partial charge in [0.05, 0.1) is 0 Å². The summed E-state index contributed by atoms with van der Waals surface area (Å²) in [7, 11) is 4.05. The van der Waals surface area contributed by atoms with Gasteiger partial charge in [-0.1, -0.05) is 13.3 Å². The Labute approximate surface area is 143 Å². The van der Waals surface area contributed by atoms with Crippen molar-refractivity contribution in [3.63, 3.8) is 0 Å². The van der Waals surface area contributed by atoms with E-state index in [4.69, 9.17) is 0 Å². The van der Waals surface area contributed by atoms with Crippen LogP contribution in [-0.4, -0.2) is 49.0 Å². The summed E-state index contributed by atoms with van der Waals surface area (Å²) < 4.78 is 0. The summed E-state index contributed by atoms with van der Waals surface area (Å²) in [5.41, 5.74) is 0. The molecule has 1 saturated carbocycles. The molecule has 1 aromatic rings. The maximum atomic E-state index is 12.3. The number of aromatic nitrogens is 1. The number of hydrogen-bond acceptors (Lipinski definition) is 5. The third-order valence-corrected chi connectivity index (χ3v) is 6.12. The van der Waals surface area contributed by atoms with Gasteiger partial charge < -0.3 is 15.1 Å². The van der Waals surface area contributed by atoms with Crippen LogP contribution >= 0.6 is 11.3 Å². The fraction of sp³-hybridized carbons (Fsp3) is 0.765. The van der Waals surface area contributed by atoms with Gasteiger partial charge in [-0.3, -0.25) is 4.79 Å². The number of nitrogens with one attached hydrogen (secondary N) is 1. The minimum atomic E-state index is 0.346. The van der Waals surface area contributed by atoms with Gasteiger partial charge in [0, 0.05) is 56.8 Å². The van der Waals surface area contributed by atoms with Crippen molar-refractivity contribution in [3.8, 4) is 0 Å². The fourth-order valence-corrected chi connectivity index (χ4v) is 4.10. The summed E-state index contributed by atoms with van der Waals surface area (Å²) in [6, 6.07) is 0.508. The van der Waals surface area contributed by atoms with Crippen molar-refractivity contribution in [1.29, 1.82) is 0 Å². The number of anilines is 1. The number of piperidine rings is 1. The lowest BCUT2D eigenvalue weighted by Gasteiger charge is -2.39. The zero-order valence-electron chi connectivity index (χ0n) is 14.4. The van der Waals surface area contributed by atoms with Crippen LogP contribution in [0.2, 0.25) is 0 Å². The van der Waals surface area contributed by atoms with Crippen molar-refractivity contribution in [1.82, 2.24) is 15.2 Å². The predicted molar refractivity (Wildman–Crippen MR) is 94.8 cm³/mol. The van der Waals surface area contributed by atoms with Crippen LogP contribution < -0.4 is 10.2 Å². The summed E-state index contributed by atoms with van der Waals surface area (Å²) in [4.78, 5) is 22.1. The first-order chi connectivity index (χ1) is 11.1. The normalized spacial score (nSPS) is 24.7. The third-order valence-electron chi connectivity index (χ3n) is 4.96. The Morgan fingerprint density at radius 1 is 1.43 bits per heavy atom. The van der Waals surface area contributed by atoms with E-state index in [2.05, 4.69) is 22.1 Å². The molecule has 128 valence electrons. The molecule has 0 unspecified atom stereocenters. The van der Waals surface area contributed by atoms with Gasteiger partial charge in [-0.05, 0) is 25.2 Å². The molecule has 1 N–H and O–H groups in total. The largest absolute Gasteiger partial charge is 0.354 e. The SMILES string of the molecule is CC[C@H]1CN(C(=O)C2CC2)CC[C@@H]1NCc1cnc(N(C)C)s1. The van der Waals surface area contributed by atoms with Crippen LogP contribution in [0.15, 0.2) is 6.20 Å². The van der Waals surface area contributed by atoms with Crippen molar-refractivity contribution >= 4 is 22.4 Å². The zero-order valence-corrected chi connectivity index (χ0v) is 15.2. The van der Waals surface area contributed by atoms with Crippen molar-refractivity contribution < 1.29 is 4.79 Å². The number of thiazole rings is 1. The van der Waals surface area contributed by atoms with Gasteiger partial charge in [-0.25, -0.2) is 4.98 Å². The molecule has 0 spiro atoms. The van der Waals surface area contributed by atoms with E-state index in [0.29, 0.717) is 23.8 Å². The summed E-state index contributed by atoms with van der Waals surface area (Å²) >= 11 is 1.74. The van der Waals surface area contributed by atoms with E-state index in [9.17, 15) is 4.79 Å². The van der Waals surface area contributed by atoms with Gasteiger partial charge >= 0.3 is 0 Å². The number of hydrogen-bond donors (Lipinski definition) is 1. The second kappa shape index (κ2) is 7.18. The molecular formula is C17H28N4OS. The van der Waals surface area contributed by atoms with Crippen LogP contribution in [0.25, 0.3) is 0 Å². The number of amides is 1. The van der Waals surface area contributed by atoms with Gasteiger partial charge in [0.25, 0.3) is 0 Å². The standard InChI is InChI=1S/C17H28N4OS/c1-4-12-11-21(16(22)13-5-6-13)8-7-15(12)18-9-14-10-19-17(23-14)20(2)3/h10,12-13,15,18H,4-9,11H2,1-3H3/t12-,15-/m0/s1. The average Bonchev–Trinajstić information content (AvgIpc) is 3.29. The molecule has 5 nitrogen and oxygen atoms in total. The molecule has 0 bridgehead atoms.